The first kappa shape index (κ1) is 23.9. The van der Waals surface area contributed by atoms with Gasteiger partial charge in [-0.25, -0.2) is 4.79 Å². The van der Waals surface area contributed by atoms with Crippen molar-refractivity contribution >= 4 is 24.4 Å². The molecule has 6 heteroatoms. The van der Waals surface area contributed by atoms with Gasteiger partial charge in [-0.15, -0.1) is 12.6 Å². The summed E-state index contributed by atoms with van der Waals surface area (Å²) < 4.78 is 5.82. The molecule has 0 bridgehead atoms. The molecule has 0 spiro atoms. The summed E-state index contributed by atoms with van der Waals surface area (Å²) in [6, 6.07) is 16.7. The largest absolute Gasteiger partial charge is 0.448 e. The maximum absolute atomic E-state index is 13.0. The van der Waals surface area contributed by atoms with Crippen LogP contribution in [0.4, 0.5) is 10.5 Å². The van der Waals surface area contributed by atoms with Crippen molar-refractivity contribution in [2.24, 2.45) is 0 Å². The summed E-state index contributed by atoms with van der Waals surface area (Å²) in [6.07, 6.45) is -0.428. The average Bonchev–Trinajstić information content (AvgIpc) is 3.21. The van der Waals surface area contributed by atoms with Gasteiger partial charge < -0.3 is 10.1 Å². The van der Waals surface area contributed by atoms with E-state index in [1.165, 1.54) is 33.4 Å². The molecule has 3 aromatic rings. The quantitative estimate of drug-likeness (QED) is 0.406. The highest BCUT2D eigenvalue weighted by Crippen LogP contribution is 2.44. The molecule has 1 heterocycles. The molecule has 5 rings (SSSR count). The Kier molecular flexibility index (Phi) is 6.87. The summed E-state index contributed by atoms with van der Waals surface area (Å²) in [5.74, 6) is 0.0390. The predicted octanol–water partition coefficient (Wildman–Crippen LogP) is 5.67. The van der Waals surface area contributed by atoms with E-state index in [0.717, 1.165) is 54.4 Å². The van der Waals surface area contributed by atoms with E-state index < -0.39 is 6.09 Å². The number of benzene rings is 3. The van der Waals surface area contributed by atoms with Gasteiger partial charge in [0, 0.05) is 43.5 Å². The monoisotopic (exact) mass is 487 g/mol. The van der Waals surface area contributed by atoms with E-state index in [1.54, 1.807) is 0 Å². The van der Waals surface area contributed by atoms with Gasteiger partial charge in [0.1, 0.15) is 6.61 Å². The molecule has 182 valence electrons. The molecule has 1 aliphatic heterocycles. The minimum atomic E-state index is -0.428. The Morgan fingerprint density at radius 3 is 2.20 bits per heavy atom. The number of anilines is 1. The second-order valence-electron chi connectivity index (χ2n) is 9.55. The second-order valence-corrected chi connectivity index (χ2v) is 10.0. The molecule has 0 saturated carbocycles. The predicted molar refractivity (Wildman–Crippen MR) is 145 cm³/mol. The molecule has 1 amide bonds. The van der Waals surface area contributed by atoms with Gasteiger partial charge in [-0.05, 0) is 65.3 Å². The normalized spacial score (nSPS) is 15.5. The third-order valence-corrected chi connectivity index (χ3v) is 8.20. The lowest BCUT2D eigenvalue weighted by Gasteiger charge is -2.30. The Morgan fingerprint density at radius 1 is 0.971 bits per heavy atom. The molecular weight excluding hydrogens is 454 g/mol. The fourth-order valence-corrected chi connectivity index (χ4v) is 5.76. The van der Waals surface area contributed by atoms with Crippen LogP contribution in [0.1, 0.15) is 39.3 Å². The van der Waals surface area contributed by atoms with E-state index in [1.807, 2.05) is 19.1 Å². The van der Waals surface area contributed by atoms with Crippen molar-refractivity contribution in [1.29, 1.82) is 0 Å². The van der Waals surface area contributed by atoms with E-state index in [4.69, 9.17) is 17.4 Å². The number of rotatable bonds is 5. The highest BCUT2D eigenvalue weighted by Gasteiger charge is 2.29. The van der Waals surface area contributed by atoms with Gasteiger partial charge in [-0.2, -0.15) is 0 Å². The van der Waals surface area contributed by atoms with Crippen molar-refractivity contribution in [2.45, 2.75) is 38.1 Å². The molecular formula is C29H33N3O2S. The number of piperazine rings is 1. The Bertz CT molecular complexity index is 1220. The Labute approximate surface area is 213 Å². The zero-order valence-electron chi connectivity index (χ0n) is 20.6. The van der Waals surface area contributed by atoms with Crippen LogP contribution in [0.2, 0.25) is 0 Å². The van der Waals surface area contributed by atoms with E-state index in [2.05, 4.69) is 65.8 Å². The molecule has 0 aromatic heterocycles. The van der Waals surface area contributed by atoms with Crippen molar-refractivity contribution in [1.82, 2.24) is 10.2 Å². The maximum Gasteiger partial charge on any atom is 0.411 e. The topological polar surface area (TPSA) is 53.6 Å². The molecule has 35 heavy (non-hydrogen) atoms. The second kappa shape index (κ2) is 10.1. The van der Waals surface area contributed by atoms with Crippen LogP contribution in [0.5, 0.6) is 0 Å². The Morgan fingerprint density at radius 2 is 1.57 bits per heavy atom. The number of carbonyl (C=O) groups excluding carboxylic acids is 1. The molecule has 0 unspecified atom stereocenters. The van der Waals surface area contributed by atoms with Crippen molar-refractivity contribution in [2.75, 3.05) is 38.1 Å². The zero-order valence-corrected chi connectivity index (χ0v) is 21.5. The van der Waals surface area contributed by atoms with Gasteiger partial charge in [0.15, 0.2) is 0 Å². The Hall–Kier alpha value is -2.80. The molecule has 1 saturated heterocycles. The van der Waals surface area contributed by atoms with Gasteiger partial charge in [0.2, 0.25) is 0 Å². The van der Waals surface area contributed by atoms with Crippen LogP contribution in [-0.2, 0) is 11.3 Å². The summed E-state index contributed by atoms with van der Waals surface area (Å²) in [5, 5.41) is 6.46. The molecule has 1 aliphatic carbocycles. The van der Waals surface area contributed by atoms with Gasteiger partial charge in [-0.3, -0.25) is 10.2 Å². The highest BCUT2D eigenvalue weighted by molar-refractivity contribution is 7.80. The molecule has 1 fully saturated rings. The number of hydrogen-bond donors (Lipinski definition) is 3. The number of fused-ring (bicyclic) bond motifs is 3. The number of nitrogens with one attached hydrogen (secondary N) is 2. The van der Waals surface area contributed by atoms with E-state index in [9.17, 15) is 4.79 Å². The van der Waals surface area contributed by atoms with Crippen molar-refractivity contribution < 1.29 is 9.53 Å². The molecule has 3 aromatic carbocycles. The number of nitrogens with zero attached hydrogens (tertiary/aromatic N) is 1. The first-order valence-electron chi connectivity index (χ1n) is 12.3. The third kappa shape index (κ3) is 4.58. The van der Waals surface area contributed by atoms with Crippen LogP contribution in [-0.4, -0.2) is 43.8 Å². The maximum atomic E-state index is 13.0. The van der Waals surface area contributed by atoms with Gasteiger partial charge in [-0.1, -0.05) is 48.5 Å². The van der Waals surface area contributed by atoms with Gasteiger partial charge in [0.25, 0.3) is 0 Å². The molecule has 0 atom stereocenters. The van der Waals surface area contributed by atoms with E-state index in [0.29, 0.717) is 6.61 Å². The minimum Gasteiger partial charge on any atom is -0.448 e. The summed E-state index contributed by atoms with van der Waals surface area (Å²) in [4.78, 5) is 16.4. The summed E-state index contributed by atoms with van der Waals surface area (Å²) >= 11 is 4.80. The lowest BCUT2D eigenvalue weighted by molar-refractivity contribution is 0.158. The molecule has 0 radical (unpaired) electrons. The zero-order chi connectivity index (χ0) is 24.5. The van der Waals surface area contributed by atoms with Crippen molar-refractivity contribution in [3.63, 3.8) is 0 Å². The lowest BCUT2D eigenvalue weighted by atomic mass is 9.96. The first-order valence-corrected chi connectivity index (χ1v) is 12.8. The van der Waals surface area contributed by atoms with Crippen LogP contribution in [0.25, 0.3) is 11.1 Å². The fourth-order valence-electron chi connectivity index (χ4n) is 5.51. The number of hydrogen-bond acceptors (Lipinski definition) is 5. The van der Waals surface area contributed by atoms with Crippen molar-refractivity contribution in [3.8, 4) is 11.1 Å². The number of ether oxygens (including phenoxy) is 1. The van der Waals surface area contributed by atoms with Crippen LogP contribution in [0.15, 0.2) is 53.4 Å². The highest BCUT2D eigenvalue weighted by atomic mass is 32.1. The summed E-state index contributed by atoms with van der Waals surface area (Å²) in [7, 11) is 0. The molecule has 2 N–H and O–H groups in total. The summed E-state index contributed by atoms with van der Waals surface area (Å²) in [6.45, 7) is 11.4. The first-order chi connectivity index (χ1) is 17.0. The third-order valence-electron chi connectivity index (χ3n) is 7.53. The number of carbonyl (C=O) groups is 1. The van der Waals surface area contributed by atoms with Crippen LogP contribution in [0, 0.1) is 20.8 Å². The minimum absolute atomic E-state index is 0.0390. The number of thiol groups is 1. The molecule has 2 aliphatic rings. The Balaban J connectivity index is 1.34. The number of amides is 1. The van der Waals surface area contributed by atoms with Gasteiger partial charge in [0.05, 0.1) is 5.69 Å². The standard InChI is InChI=1S/C29H33N3O2S/c1-18-25(16-32-14-12-30-13-15-32)19(2)28(35)20(3)27(18)31-29(33)34-17-26-23-10-6-4-8-21(23)22-9-5-7-11-24(22)26/h4-11,26,30,35H,12-17H2,1-3H3,(H,31,33). The molecule has 5 nitrogen and oxygen atoms in total. The van der Waals surface area contributed by atoms with E-state index in [-0.39, 0.29) is 5.92 Å². The van der Waals surface area contributed by atoms with Crippen LogP contribution in [0.3, 0.4) is 0 Å². The smallest absolute Gasteiger partial charge is 0.411 e. The van der Waals surface area contributed by atoms with Crippen LogP contribution < -0.4 is 10.6 Å². The van der Waals surface area contributed by atoms with Gasteiger partial charge >= 0.3 is 6.09 Å². The van der Waals surface area contributed by atoms with Crippen molar-refractivity contribution in [3.05, 3.63) is 81.9 Å². The van der Waals surface area contributed by atoms with E-state index >= 15 is 0 Å². The summed E-state index contributed by atoms with van der Waals surface area (Å²) in [5.41, 5.74) is 10.1. The average molecular weight is 488 g/mol. The lowest BCUT2D eigenvalue weighted by Crippen LogP contribution is -2.43. The SMILES string of the molecule is Cc1c(S)c(C)c(NC(=O)OCC2c3ccccc3-c3ccccc32)c(C)c1CN1CCNCC1. The van der Waals surface area contributed by atoms with Crippen LogP contribution >= 0.6 is 12.6 Å². The fraction of sp³-hybridized carbons (Fsp3) is 0.345.